The maximum absolute atomic E-state index is 12.6. The lowest BCUT2D eigenvalue weighted by atomic mass is 10.2. The minimum absolute atomic E-state index is 0.0222. The summed E-state index contributed by atoms with van der Waals surface area (Å²) in [5.41, 5.74) is 0.939. The zero-order valence-corrected chi connectivity index (χ0v) is 19.3. The molecule has 2 fully saturated rings. The summed E-state index contributed by atoms with van der Waals surface area (Å²) < 4.78 is 5.62. The van der Waals surface area contributed by atoms with Crippen molar-refractivity contribution < 1.29 is 9.53 Å². The van der Waals surface area contributed by atoms with Gasteiger partial charge in [-0.05, 0) is 37.1 Å². The first-order valence-corrected chi connectivity index (χ1v) is 12.0. The molecule has 172 valence electrons. The molecule has 1 amide bonds. The fourth-order valence-electron chi connectivity index (χ4n) is 4.53. The van der Waals surface area contributed by atoms with Crippen molar-refractivity contribution in [2.75, 3.05) is 43.0 Å². The molecule has 1 saturated heterocycles. The Morgan fingerprint density at radius 3 is 2.52 bits per heavy atom. The largest absolute Gasteiger partial charge is 0.482 e. The van der Waals surface area contributed by atoms with E-state index >= 15 is 0 Å². The molecule has 7 nitrogen and oxygen atoms in total. The van der Waals surface area contributed by atoms with Gasteiger partial charge in [-0.3, -0.25) is 4.79 Å². The van der Waals surface area contributed by atoms with E-state index in [1.807, 2.05) is 35.2 Å². The molecule has 1 N–H and O–H groups in total. The molecule has 0 atom stereocenters. The van der Waals surface area contributed by atoms with Gasteiger partial charge in [0.1, 0.15) is 11.6 Å². The van der Waals surface area contributed by atoms with E-state index in [0.717, 1.165) is 16.7 Å². The van der Waals surface area contributed by atoms with Gasteiger partial charge in [-0.2, -0.15) is 4.98 Å². The van der Waals surface area contributed by atoms with Crippen LogP contribution < -0.4 is 15.0 Å². The number of nitrogens with one attached hydrogen (secondary N) is 1. The van der Waals surface area contributed by atoms with Crippen LogP contribution in [0.25, 0.3) is 10.9 Å². The highest BCUT2D eigenvalue weighted by molar-refractivity contribution is 6.32. The summed E-state index contributed by atoms with van der Waals surface area (Å²) in [6, 6.07) is 15.8. The van der Waals surface area contributed by atoms with Crippen molar-refractivity contribution in [3.63, 3.8) is 0 Å². The molecule has 0 radical (unpaired) electrons. The normalized spacial score (nSPS) is 16.9. The molecule has 5 rings (SSSR count). The topological polar surface area (TPSA) is 70.6 Å². The van der Waals surface area contributed by atoms with Crippen molar-refractivity contribution in [3.05, 3.63) is 53.6 Å². The summed E-state index contributed by atoms with van der Waals surface area (Å²) >= 11 is 6.11. The third-order valence-electron chi connectivity index (χ3n) is 6.39. The summed E-state index contributed by atoms with van der Waals surface area (Å²) in [7, 11) is 0. The van der Waals surface area contributed by atoms with Crippen LogP contribution >= 0.6 is 11.6 Å². The van der Waals surface area contributed by atoms with Crippen molar-refractivity contribution in [2.24, 2.45) is 0 Å². The molecule has 33 heavy (non-hydrogen) atoms. The number of ether oxygens (including phenoxy) is 1. The number of halogens is 1. The molecule has 3 aromatic rings. The van der Waals surface area contributed by atoms with Gasteiger partial charge in [-0.25, -0.2) is 4.98 Å². The average molecular weight is 466 g/mol. The number of piperazine rings is 1. The van der Waals surface area contributed by atoms with E-state index in [4.69, 9.17) is 26.3 Å². The molecule has 2 aliphatic rings. The fourth-order valence-corrected chi connectivity index (χ4v) is 4.72. The van der Waals surface area contributed by atoms with Gasteiger partial charge in [-0.1, -0.05) is 48.7 Å². The van der Waals surface area contributed by atoms with Crippen LogP contribution in [-0.2, 0) is 4.79 Å². The van der Waals surface area contributed by atoms with Crippen LogP contribution in [0, 0.1) is 0 Å². The number of carbonyl (C=O) groups is 1. The van der Waals surface area contributed by atoms with Crippen molar-refractivity contribution >= 4 is 40.2 Å². The summed E-state index contributed by atoms with van der Waals surface area (Å²) in [5.74, 6) is 2.11. The van der Waals surface area contributed by atoms with Gasteiger partial charge in [0, 0.05) is 37.6 Å². The number of para-hydroxylation sites is 2. The van der Waals surface area contributed by atoms with E-state index in [1.165, 1.54) is 25.7 Å². The van der Waals surface area contributed by atoms with E-state index in [9.17, 15) is 4.79 Å². The van der Waals surface area contributed by atoms with Crippen LogP contribution in [0.1, 0.15) is 25.7 Å². The van der Waals surface area contributed by atoms with Gasteiger partial charge in [0.25, 0.3) is 5.91 Å². The van der Waals surface area contributed by atoms with Crippen LogP contribution in [0.2, 0.25) is 5.02 Å². The number of carbonyl (C=O) groups excluding carboxylic acids is 1. The van der Waals surface area contributed by atoms with Crippen LogP contribution in [-0.4, -0.2) is 59.6 Å². The fraction of sp³-hybridized carbons (Fsp3) is 0.400. The summed E-state index contributed by atoms with van der Waals surface area (Å²) in [4.78, 5) is 26.4. The molecule has 2 heterocycles. The number of aromatic nitrogens is 2. The number of fused-ring (bicyclic) bond motifs is 1. The maximum Gasteiger partial charge on any atom is 0.260 e. The second-order valence-electron chi connectivity index (χ2n) is 8.60. The number of anilines is 2. The van der Waals surface area contributed by atoms with Gasteiger partial charge in [-0.15, -0.1) is 0 Å². The van der Waals surface area contributed by atoms with E-state index in [2.05, 4.69) is 16.3 Å². The Bertz CT molecular complexity index is 1130. The SMILES string of the molecule is O=C(COc1ccccc1Cl)N1CCN(c2nc(NC3CCCC3)c3ccccc3n2)CC1. The minimum Gasteiger partial charge on any atom is -0.482 e. The Morgan fingerprint density at radius 1 is 1.00 bits per heavy atom. The molecule has 1 aliphatic carbocycles. The van der Waals surface area contributed by atoms with Crippen LogP contribution in [0.5, 0.6) is 5.75 Å². The molecule has 0 bridgehead atoms. The number of nitrogens with zero attached hydrogens (tertiary/aromatic N) is 4. The van der Waals surface area contributed by atoms with Gasteiger partial charge < -0.3 is 19.9 Å². The third-order valence-corrected chi connectivity index (χ3v) is 6.70. The Hall–Kier alpha value is -3.06. The standard InChI is InChI=1S/C25H28ClN5O2/c26-20-10-4-6-12-22(20)33-17-23(32)30-13-15-31(16-14-30)25-28-21-11-5-3-9-19(21)24(29-25)27-18-7-1-2-8-18/h3-6,9-12,18H,1-2,7-8,13-17H2,(H,27,28,29). The molecule has 2 aromatic carbocycles. The summed E-state index contributed by atoms with van der Waals surface area (Å²) in [6.45, 7) is 2.54. The highest BCUT2D eigenvalue weighted by Gasteiger charge is 2.24. The smallest absolute Gasteiger partial charge is 0.260 e. The minimum atomic E-state index is -0.0439. The molecule has 1 aromatic heterocycles. The first-order chi connectivity index (χ1) is 16.2. The predicted molar refractivity (Wildman–Crippen MR) is 131 cm³/mol. The number of amides is 1. The second kappa shape index (κ2) is 9.83. The number of benzene rings is 2. The molecule has 8 heteroatoms. The molecule has 1 saturated carbocycles. The first kappa shape index (κ1) is 21.8. The van der Waals surface area contributed by atoms with Crippen LogP contribution in [0.15, 0.2) is 48.5 Å². The monoisotopic (exact) mass is 465 g/mol. The molecule has 0 spiro atoms. The maximum atomic E-state index is 12.6. The van der Waals surface area contributed by atoms with Crippen LogP contribution in [0.3, 0.4) is 0 Å². The quantitative estimate of drug-likeness (QED) is 0.583. The van der Waals surface area contributed by atoms with Gasteiger partial charge >= 0.3 is 0 Å². The number of hydrogen-bond donors (Lipinski definition) is 1. The van der Waals surface area contributed by atoms with Crippen LogP contribution in [0.4, 0.5) is 11.8 Å². The lowest BCUT2D eigenvalue weighted by Crippen LogP contribution is -2.50. The van der Waals surface area contributed by atoms with Crippen molar-refractivity contribution in [1.82, 2.24) is 14.9 Å². The second-order valence-corrected chi connectivity index (χ2v) is 9.01. The number of rotatable bonds is 6. The molecular weight excluding hydrogens is 438 g/mol. The Labute approximate surface area is 198 Å². The highest BCUT2D eigenvalue weighted by atomic mass is 35.5. The van der Waals surface area contributed by atoms with Gasteiger partial charge in [0.2, 0.25) is 5.95 Å². The lowest BCUT2D eigenvalue weighted by molar-refractivity contribution is -0.133. The summed E-state index contributed by atoms with van der Waals surface area (Å²) in [6.07, 6.45) is 4.91. The van der Waals surface area contributed by atoms with E-state index in [1.54, 1.807) is 12.1 Å². The molecule has 1 aliphatic heterocycles. The lowest BCUT2D eigenvalue weighted by Gasteiger charge is -2.35. The molecule has 0 unspecified atom stereocenters. The van der Waals surface area contributed by atoms with E-state index in [-0.39, 0.29) is 12.5 Å². The number of hydrogen-bond acceptors (Lipinski definition) is 6. The molecular formula is C25H28ClN5O2. The van der Waals surface area contributed by atoms with Crippen molar-refractivity contribution in [3.8, 4) is 5.75 Å². The zero-order valence-electron chi connectivity index (χ0n) is 18.5. The predicted octanol–water partition coefficient (Wildman–Crippen LogP) is 4.37. The van der Waals surface area contributed by atoms with Crippen molar-refractivity contribution in [2.45, 2.75) is 31.7 Å². The van der Waals surface area contributed by atoms with E-state index in [0.29, 0.717) is 48.9 Å². The third kappa shape index (κ3) is 4.98. The highest BCUT2D eigenvalue weighted by Crippen LogP contribution is 2.28. The first-order valence-electron chi connectivity index (χ1n) is 11.6. The Morgan fingerprint density at radius 2 is 1.73 bits per heavy atom. The zero-order chi connectivity index (χ0) is 22.6. The van der Waals surface area contributed by atoms with Crippen molar-refractivity contribution in [1.29, 1.82) is 0 Å². The van der Waals surface area contributed by atoms with E-state index < -0.39 is 0 Å². The van der Waals surface area contributed by atoms with Gasteiger partial charge in [0.05, 0.1) is 10.5 Å². The Kier molecular flexibility index (Phi) is 6.48. The van der Waals surface area contributed by atoms with Gasteiger partial charge in [0.15, 0.2) is 6.61 Å². The Balaban J connectivity index is 1.24. The average Bonchev–Trinajstić information content (AvgIpc) is 3.36. The summed E-state index contributed by atoms with van der Waals surface area (Å²) in [5, 5.41) is 5.22.